The first-order valence-corrected chi connectivity index (χ1v) is 10.2. The fourth-order valence-corrected chi connectivity index (χ4v) is 3.97. The van der Waals surface area contributed by atoms with E-state index in [1.54, 1.807) is 23.3 Å². The summed E-state index contributed by atoms with van der Waals surface area (Å²) in [4.78, 5) is 16.8. The van der Waals surface area contributed by atoms with E-state index in [1.165, 1.54) is 0 Å². The van der Waals surface area contributed by atoms with Crippen LogP contribution in [0.4, 0.5) is 5.82 Å². The van der Waals surface area contributed by atoms with E-state index in [9.17, 15) is 4.79 Å². The van der Waals surface area contributed by atoms with E-state index in [0.717, 1.165) is 41.6 Å². The van der Waals surface area contributed by atoms with Gasteiger partial charge >= 0.3 is 0 Å². The molecule has 1 aliphatic carbocycles. The smallest absolute Gasteiger partial charge is 0.273 e. The molecule has 3 N–H and O–H groups in total. The molecule has 1 aromatic carbocycles. The topological polar surface area (TPSA) is 117 Å². The Hall–Kier alpha value is -4.01. The molecule has 0 saturated carbocycles. The van der Waals surface area contributed by atoms with Crippen molar-refractivity contribution in [1.82, 2.24) is 35.1 Å². The number of benzene rings is 1. The Morgan fingerprint density at radius 3 is 2.61 bits per heavy atom. The number of aryl methyl sites for hydroxylation is 1. The Bertz CT molecular complexity index is 1200. The number of carbonyl (C=O) groups excluding carboxylic acids is 1. The van der Waals surface area contributed by atoms with Gasteiger partial charge in [0, 0.05) is 24.2 Å². The van der Waals surface area contributed by atoms with Gasteiger partial charge in [-0.15, -0.1) is 5.10 Å². The Kier molecular flexibility index (Phi) is 4.91. The molecule has 156 valence electrons. The SMILES string of the molecule is Nc1nccc2c1C(NC(=O)c1cn(Cc3ccc(Cn4cccn4)cc3)nn1)CC2. The third-order valence-corrected chi connectivity index (χ3v) is 5.51. The third kappa shape index (κ3) is 4.02. The average Bonchev–Trinajstić information content (AvgIpc) is 3.52. The lowest BCUT2D eigenvalue weighted by Crippen LogP contribution is -2.28. The number of aromatic nitrogens is 6. The highest BCUT2D eigenvalue weighted by Gasteiger charge is 2.27. The zero-order valence-electron chi connectivity index (χ0n) is 16.8. The largest absolute Gasteiger partial charge is 0.383 e. The molecule has 3 aromatic heterocycles. The number of anilines is 1. The fourth-order valence-electron chi connectivity index (χ4n) is 3.97. The van der Waals surface area contributed by atoms with Gasteiger partial charge in [-0.1, -0.05) is 29.5 Å². The Morgan fingerprint density at radius 1 is 1.10 bits per heavy atom. The van der Waals surface area contributed by atoms with E-state index in [4.69, 9.17) is 5.73 Å². The number of nitrogens with zero attached hydrogens (tertiary/aromatic N) is 6. The standard InChI is InChI=1S/C22H22N8O/c23-21-20-17(8-10-24-21)6-7-18(20)26-22(31)19-14-30(28-27-19)13-16-4-2-15(3-5-16)12-29-11-1-9-25-29/h1-5,8-11,14,18H,6-7,12-13H2,(H2,23,24)(H,26,31). The van der Waals surface area contributed by atoms with Crippen molar-refractivity contribution in [1.29, 1.82) is 0 Å². The predicted octanol–water partition coefficient (Wildman–Crippen LogP) is 1.97. The van der Waals surface area contributed by atoms with Gasteiger partial charge in [0.2, 0.25) is 0 Å². The monoisotopic (exact) mass is 414 g/mol. The number of nitrogens with one attached hydrogen (secondary N) is 1. The highest BCUT2D eigenvalue weighted by molar-refractivity contribution is 5.92. The summed E-state index contributed by atoms with van der Waals surface area (Å²) in [6.45, 7) is 1.26. The molecule has 5 rings (SSSR count). The molecular formula is C22H22N8O. The van der Waals surface area contributed by atoms with Crippen molar-refractivity contribution in [3.8, 4) is 0 Å². The maximum absolute atomic E-state index is 12.7. The van der Waals surface area contributed by atoms with Crippen molar-refractivity contribution in [2.75, 3.05) is 5.73 Å². The first-order chi connectivity index (χ1) is 15.2. The van der Waals surface area contributed by atoms with E-state index >= 15 is 0 Å². The van der Waals surface area contributed by atoms with Crippen molar-refractivity contribution in [3.05, 3.63) is 89.1 Å². The lowest BCUT2D eigenvalue weighted by atomic mass is 10.1. The molecule has 1 unspecified atom stereocenters. The van der Waals surface area contributed by atoms with Crippen LogP contribution in [0.2, 0.25) is 0 Å². The molecule has 9 heteroatoms. The lowest BCUT2D eigenvalue weighted by molar-refractivity contribution is 0.0931. The molecular weight excluding hydrogens is 392 g/mol. The minimum atomic E-state index is -0.262. The maximum Gasteiger partial charge on any atom is 0.273 e. The lowest BCUT2D eigenvalue weighted by Gasteiger charge is -2.14. The number of carbonyl (C=O) groups is 1. The molecule has 4 aromatic rings. The van der Waals surface area contributed by atoms with Crippen LogP contribution in [0, 0.1) is 0 Å². The zero-order chi connectivity index (χ0) is 21.2. The normalized spacial score (nSPS) is 15.0. The Balaban J connectivity index is 1.22. The summed E-state index contributed by atoms with van der Waals surface area (Å²) in [5, 5.41) is 15.4. The van der Waals surface area contributed by atoms with Crippen molar-refractivity contribution in [3.63, 3.8) is 0 Å². The van der Waals surface area contributed by atoms with Gasteiger partial charge in [0.25, 0.3) is 5.91 Å². The number of pyridine rings is 1. The van der Waals surface area contributed by atoms with Crippen LogP contribution in [-0.4, -0.2) is 35.7 Å². The highest BCUT2D eigenvalue weighted by atomic mass is 16.2. The van der Waals surface area contributed by atoms with Crippen LogP contribution in [0.1, 0.15) is 45.2 Å². The predicted molar refractivity (Wildman–Crippen MR) is 114 cm³/mol. The summed E-state index contributed by atoms with van der Waals surface area (Å²) in [7, 11) is 0. The van der Waals surface area contributed by atoms with Crippen molar-refractivity contribution in [2.45, 2.75) is 32.0 Å². The summed E-state index contributed by atoms with van der Waals surface area (Å²) < 4.78 is 3.54. The first-order valence-electron chi connectivity index (χ1n) is 10.2. The molecule has 1 aliphatic rings. The van der Waals surface area contributed by atoms with Gasteiger partial charge in [-0.2, -0.15) is 5.10 Å². The van der Waals surface area contributed by atoms with Crippen LogP contribution in [0.3, 0.4) is 0 Å². The van der Waals surface area contributed by atoms with Gasteiger partial charge in [0.1, 0.15) is 5.82 Å². The molecule has 3 heterocycles. The Morgan fingerprint density at radius 2 is 1.87 bits per heavy atom. The van der Waals surface area contributed by atoms with Gasteiger partial charge in [-0.3, -0.25) is 9.48 Å². The van der Waals surface area contributed by atoms with Gasteiger partial charge < -0.3 is 11.1 Å². The summed E-state index contributed by atoms with van der Waals surface area (Å²) in [5.41, 5.74) is 10.6. The second kappa shape index (κ2) is 8.02. The molecule has 0 spiro atoms. The average molecular weight is 414 g/mol. The molecule has 1 amide bonds. The molecule has 0 saturated heterocycles. The van der Waals surface area contributed by atoms with E-state index in [1.807, 2.05) is 35.1 Å². The summed E-state index contributed by atoms with van der Waals surface area (Å²) >= 11 is 0. The number of nitrogens with two attached hydrogens (primary N) is 1. The third-order valence-electron chi connectivity index (χ3n) is 5.51. The van der Waals surface area contributed by atoms with Gasteiger partial charge in [-0.05, 0) is 41.7 Å². The van der Waals surface area contributed by atoms with E-state index in [-0.39, 0.29) is 17.6 Å². The number of amides is 1. The van der Waals surface area contributed by atoms with Crippen LogP contribution in [-0.2, 0) is 19.5 Å². The Labute approximate surface area is 178 Å². The first kappa shape index (κ1) is 19.0. The van der Waals surface area contributed by atoms with E-state index in [2.05, 4.69) is 37.8 Å². The highest BCUT2D eigenvalue weighted by Crippen LogP contribution is 2.34. The maximum atomic E-state index is 12.7. The van der Waals surface area contributed by atoms with Gasteiger partial charge in [0.05, 0.1) is 25.3 Å². The molecule has 0 fully saturated rings. The number of hydrogen-bond acceptors (Lipinski definition) is 6. The number of rotatable bonds is 6. The summed E-state index contributed by atoms with van der Waals surface area (Å²) in [6, 6.07) is 11.9. The number of fused-ring (bicyclic) bond motifs is 1. The van der Waals surface area contributed by atoms with Crippen LogP contribution < -0.4 is 11.1 Å². The quantitative estimate of drug-likeness (QED) is 0.498. The zero-order valence-corrected chi connectivity index (χ0v) is 16.8. The molecule has 0 radical (unpaired) electrons. The van der Waals surface area contributed by atoms with E-state index in [0.29, 0.717) is 12.4 Å². The number of nitrogen functional groups attached to an aromatic ring is 1. The van der Waals surface area contributed by atoms with Crippen LogP contribution in [0.25, 0.3) is 0 Å². The van der Waals surface area contributed by atoms with Gasteiger partial charge in [0.15, 0.2) is 5.69 Å². The van der Waals surface area contributed by atoms with E-state index < -0.39 is 0 Å². The van der Waals surface area contributed by atoms with Crippen LogP contribution in [0.5, 0.6) is 0 Å². The summed E-state index contributed by atoms with van der Waals surface area (Å²) in [6.07, 6.45) is 8.74. The summed E-state index contributed by atoms with van der Waals surface area (Å²) in [5.74, 6) is 0.210. The fraction of sp³-hybridized carbons (Fsp3) is 0.227. The van der Waals surface area contributed by atoms with Crippen molar-refractivity contribution < 1.29 is 4.79 Å². The van der Waals surface area contributed by atoms with Crippen molar-refractivity contribution >= 4 is 11.7 Å². The molecule has 9 nitrogen and oxygen atoms in total. The second-order valence-corrected chi connectivity index (χ2v) is 7.66. The second-order valence-electron chi connectivity index (χ2n) is 7.66. The van der Waals surface area contributed by atoms with Gasteiger partial charge in [-0.25, -0.2) is 9.67 Å². The van der Waals surface area contributed by atoms with Crippen LogP contribution in [0.15, 0.2) is 61.2 Å². The van der Waals surface area contributed by atoms with Crippen molar-refractivity contribution in [2.24, 2.45) is 0 Å². The minimum absolute atomic E-state index is 0.149. The molecule has 31 heavy (non-hydrogen) atoms. The minimum Gasteiger partial charge on any atom is -0.383 e. The number of hydrogen-bond donors (Lipinski definition) is 2. The van der Waals surface area contributed by atoms with Crippen LogP contribution >= 0.6 is 0 Å². The molecule has 0 aliphatic heterocycles. The molecule has 1 atom stereocenters. The molecule has 0 bridgehead atoms.